The van der Waals surface area contributed by atoms with Crippen LogP contribution in [0.1, 0.15) is 153 Å². The first-order valence-electron chi connectivity index (χ1n) is 23.4. The monoisotopic (exact) mass is 856 g/mol. The highest BCUT2D eigenvalue weighted by molar-refractivity contribution is 5.45. The zero-order chi connectivity index (χ0) is 44.2. The minimum Gasteiger partial charge on any atom is -0.493 e. The lowest BCUT2D eigenvalue weighted by Gasteiger charge is -2.16. The Morgan fingerprint density at radius 1 is 0.387 bits per heavy atom. The molecular formula is C52H73NO9. The van der Waals surface area contributed by atoms with Crippen molar-refractivity contribution < 1.29 is 38.1 Å². The SMILES string of the molecule is CCCCCCOc1cc(COc2cc(COc3ccc([N+](=O)[O-])c(C)c3)cc(OCc3cc(OCCCCCC)cc(OCCCCCC)c3)c2)cc(OCCCCCC)c1. The van der Waals surface area contributed by atoms with E-state index in [0.717, 1.165) is 91.1 Å². The van der Waals surface area contributed by atoms with E-state index in [-0.39, 0.29) is 30.4 Å². The van der Waals surface area contributed by atoms with Crippen LogP contribution in [-0.4, -0.2) is 31.4 Å². The fourth-order valence-corrected chi connectivity index (χ4v) is 6.94. The van der Waals surface area contributed by atoms with Crippen LogP contribution in [0.25, 0.3) is 0 Å². The van der Waals surface area contributed by atoms with Gasteiger partial charge in [-0.3, -0.25) is 10.1 Å². The molecule has 0 aliphatic heterocycles. The summed E-state index contributed by atoms with van der Waals surface area (Å²) in [4.78, 5) is 11.0. The second-order valence-electron chi connectivity index (χ2n) is 16.1. The zero-order valence-corrected chi connectivity index (χ0v) is 38.3. The van der Waals surface area contributed by atoms with Crippen molar-refractivity contribution in [3.63, 3.8) is 0 Å². The summed E-state index contributed by atoms with van der Waals surface area (Å²) in [5.41, 5.74) is 3.25. The summed E-state index contributed by atoms with van der Waals surface area (Å²) in [6.45, 7) is 13.9. The number of ether oxygens (including phenoxy) is 7. The molecule has 0 atom stereocenters. The van der Waals surface area contributed by atoms with Gasteiger partial charge in [-0.2, -0.15) is 0 Å². The first-order chi connectivity index (χ1) is 30.3. The van der Waals surface area contributed by atoms with Crippen LogP contribution in [0, 0.1) is 17.0 Å². The third kappa shape index (κ3) is 19.3. The zero-order valence-electron chi connectivity index (χ0n) is 38.3. The van der Waals surface area contributed by atoms with Gasteiger partial charge in [0.15, 0.2) is 0 Å². The van der Waals surface area contributed by atoms with Crippen LogP contribution >= 0.6 is 0 Å². The molecule has 0 spiro atoms. The van der Waals surface area contributed by atoms with Crippen molar-refractivity contribution in [3.05, 3.63) is 105 Å². The maximum Gasteiger partial charge on any atom is 0.272 e. The van der Waals surface area contributed by atoms with Crippen LogP contribution in [0.4, 0.5) is 5.69 Å². The molecule has 0 fully saturated rings. The second-order valence-corrected chi connectivity index (χ2v) is 16.1. The maximum atomic E-state index is 11.4. The van der Waals surface area contributed by atoms with Gasteiger partial charge in [-0.05, 0) is 97.8 Å². The Labute approximate surface area is 371 Å². The Morgan fingerprint density at radius 2 is 0.694 bits per heavy atom. The molecule has 0 aliphatic rings. The van der Waals surface area contributed by atoms with Crippen molar-refractivity contribution in [2.75, 3.05) is 26.4 Å². The normalized spacial score (nSPS) is 11.0. The average molecular weight is 856 g/mol. The molecule has 0 heterocycles. The average Bonchev–Trinajstić information content (AvgIpc) is 3.26. The second kappa shape index (κ2) is 29.2. The predicted molar refractivity (Wildman–Crippen MR) is 249 cm³/mol. The molecule has 0 aliphatic carbocycles. The van der Waals surface area contributed by atoms with E-state index in [9.17, 15) is 10.1 Å². The third-order valence-electron chi connectivity index (χ3n) is 10.5. The molecule has 4 rings (SSSR count). The number of nitrogens with zero attached hydrogens (tertiary/aromatic N) is 1. The van der Waals surface area contributed by atoms with Crippen LogP contribution in [0.15, 0.2) is 72.8 Å². The Morgan fingerprint density at radius 3 is 0.984 bits per heavy atom. The Kier molecular flexibility index (Phi) is 23.4. The first kappa shape index (κ1) is 49.5. The molecule has 4 aromatic carbocycles. The highest BCUT2D eigenvalue weighted by Crippen LogP contribution is 2.31. The first-order valence-corrected chi connectivity index (χ1v) is 23.4. The molecule has 340 valence electrons. The van der Waals surface area contributed by atoms with Gasteiger partial charge in [-0.1, -0.05) is 105 Å². The van der Waals surface area contributed by atoms with E-state index < -0.39 is 0 Å². The fraction of sp³-hybridized carbons (Fsp3) is 0.538. The van der Waals surface area contributed by atoms with E-state index in [1.165, 1.54) is 57.4 Å². The van der Waals surface area contributed by atoms with E-state index in [1.807, 2.05) is 54.6 Å². The summed E-state index contributed by atoms with van der Waals surface area (Å²) in [7, 11) is 0. The van der Waals surface area contributed by atoms with Gasteiger partial charge in [0.25, 0.3) is 5.69 Å². The Balaban J connectivity index is 1.55. The van der Waals surface area contributed by atoms with Gasteiger partial charge in [0.2, 0.25) is 0 Å². The number of benzene rings is 4. The van der Waals surface area contributed by atoms with Crippen LogP contribution in [0.5, 0.6) is 40.2 Å². The van der Waals surface area contributed by atoms with Gasteiger partial charge in [0, 0.05) is 29.8 Å². The topological polar surface area (TPSA) is 108 Å². The molecule has 10 nitrogen and oxygen atoms in total. The highest BCUT2D eigenvalue weighted by atomic mass is 16.6. The molecule has 62 heavy (non-hydrogen) atoms. The summed E-state index contributed by atoms with van der Waals surface area (Å²) in [6, 6.07) is 22.6. The quantitative estimate of drug-likeness (QED) is 0.0258. The van der Waals surface area contributed by atoms with E-state index in [2.05, 4.69) is 27.7 Å². The number of nitro benzene ring substituents is 1. The number of hydrogen-bond donors (Lipinski definition) is 0. The van der Waals surface area contributed by atoms with Crippen molar-refractivity contribution in [3.8, 4) is 40.2 Å². The number of hydrogen-bond acceptors (Lipinski definition) is 9. The lowest BCUT2D eigenvalue weighted by Crippen LogP contribution is -2.04. The largest absolute Gasteiger partial charge is 0.493 e. The van der Waals surface area contributed by atoms with E-state index >= 15 is 0 Å². The molecule has 0 amide bonds. The minimum absolute atomic E-state index is 0.0514. The van der Waals surface area contributed by atoms with E-state index in [1.54, 1.807) is 19.1 Å². The van der Waals surface area contributed by atoms with Crippen LogP contribution < -0.4 is 33.2 Å². The molecule has 4 aromatic rings. The highest BCUT2D eigenvalue weighted by Gasteiger charge is 2.13. The standard InChI is InChI=1S/C52H73NO9/c1-6-10-14-18-24-56-46-29-42(30-47(35-46)57-25-19-15-11-7-2)39-61-50-33-44(38-60-45-22-23-52(53(54)55)41(5)28-45)34-51(37-50)62-40-43-31-48(58-26-20-16-12-8-3)36-49(32-43)59-27-21-17-13-9-4/h22-23,28-37H,6-21,24-27,38-40H2,1-5H3. The molecule has 0 saturated carbocycles. The van der Waals surface area contributed by atoms with Gasteiger partial charge in [0.1, 0.15) is 60.1 Å². The molecule has 0 saturated heterocycles. The lowest BCUT2D eigenvalue weighted by molar-refractivity contribution is -0.385. The van der Waals surface area contributed by atoms with Crippen molar-refractivity contribution in [1.29, 1.82) is 0 Å². The fourth-order valence-electron chi connectivity index (χ4n) is 6.94. The van der Waals surface area contributed by atoms with Gasteiger partial charge in [0.05, 0.1) is 31.4 Å². The van der Waals surface area contributed by atoms with Gasteiger partial charge >= 0.3 is 0 Å². The van der Waals surface area contributed by atoms with Crippen LogP contribution in [0.3, 0.4) is 0 Å². The lowest BCUT2D eigenvalue weighted by atomic mass is 10.1. The van der Waals surface area contributed by atoms with Gasteiger partial charge < -0.3 is 33.2 Å². The molecule has 0 aromatic heterocycles. The Bertz CT molecular complexity index is 1720. The maximum absolute atomic E-state index is 11.4. The number of rotatable bonds is 34. The summed E-state index contributed by atoms with van der Waals surface area (Å²) in [5, 5.41) is 11.4. The third-order valence-corrected chi connectivity index (χ3v) is 10.5. The molecule has 0 bridgehead atoms. The summed E-state index contributed by atoms with van der Waals surface area (Å²) >= 11 is 0. The number of nitro groups is 1. The molecular weight excluding hydrogens is 783 g/mol. The minimum atomic E-state index is -0.389. The molecule has 10 heteroatoms. The number of unbranched alkanes of at least 4 members (excludes halogenated alkanes) is 12. The molecule has 0 unspecified atom stereocenters. The molecule has 0 radical (unpaired) electrons. The van der Waals surface area contributed by atoms with Crippen molar-refractivity contribution in [2.24, 2.45) is 0 Å². The van der Waals surface area contributed by atoms with Crippen molar-refractivity contribution in [2.45, 2.75) is 157 Å². The van der Waals surface area contributed by atoms with Crippen molar-refractivity contribution >= 4 is 5.69 Å². The van der Waals surface area contributed by atoms with Gasteiger partial charge in [-0.15, -0.1) is 0 Å². The Hall–Kier alpha value is -5.12. The summed E-state index contributed by atoms with van der Waals surface area (Å²) in [5.74, 6) is 4.83. The number of aryl methyl sites for hydroxylation is 1. The van der Waals surface area contributed by atoms with Gasteiger partial charge in [-0.25, -0.2) is 0 Å². The summed E-state index contributed by atoms with van der Waals surface area (Å²) in [6.07, 6.45) is 18.1. The van der Waals surface area contributed by atoms with Crippen molar-refractivity contribution in [1.82, 2.24) is 0 Å². The molecule has 0 N–H and O–H groups in total. The smallest absolute Gasteiger partial charge is 0.272 e. The van der Waals surface area contributed by atoms with Crippen LogP contribution in [-0.2, 0) is 19.8 Å². The van der Waals surface area contributed by atoms with E-state index in [4.69, 9.17) is 33.2 Å². The van der Waals surface area contributed by atoms with Crippen LogP contribution in [0.2, 0.25) is 0 Å². The van der Waals surface area contributed by atoms with E-state index in [0.29, 0.717) is 49.2 Å². The summed E-state index contributed by atoms with van der Waals surface area (Å²) < 4.78 is 44.0. The predicted octanol–water partition coefficient (Wildman–Crippen LogP) is 14.5.